The molecule has 24 heavy (non-hydrogen) atoms. The number of rotatable bonds is 6. The van der Waals surface area contributed by atoms with E-state index in [1.807, 2.05) is 36.4 Å². The fourth-order valence-electron chi connectivity index (χ4n) is 3.12. The first-order valence-corrected chi connectivity index (χ1v) is 8.45. The quantitative estimate of drug-likeness (QED) is 0.749. The Morgan fingerprint density at radius 2 is 1.83 bits per heavy atom. The number of benzene rings is 2. The number of aryl methyl sites for hydroxylation is 1. The van der Waals surface area contributed by atoms with Gasteiger partial charge in [0.05, 0.1) is 17.1 Å². The molecule has 1 N–H and O–H groups in total. The minimum atomic E-state index is -0.135. The number of nitrogens with one attached hydrogen (secondary N) is 1. The lowest BCUT2D eigenvalue weighted by atomic mass is 10.1. The van der Waals surface area contributed by atoms with E-state index in [1.54, 1.807) is 6.92 Å². The molecule has 0 spiro atoms. The third-order valence-corrected chi connectivity index (χ3v) is 4.10. The molecule has 0 bridgehead atoms. The topological polar surface area (TPSA) is 46.9 Å². The molecule has 0 aliphatic rings. The minimum absolute atomic E-state index is 0.0361. The maximum atomic E-state index is 11.8. The van der Waals surface area contributed by atoms with Gasteiger partial charge in [0.2, 0.25) is 5.91 Å². The Kier molecular flexibility index (Phi) is 4.94. The largest absolute Gasteiger partial charge is 0.346 e. The number of nitrogens with zero attached hydrogens (tertiary/aromatic N) is 2. The van der Waals surface area contributed by atoms with Gasteiger partial charge in [-0.25, -0.2) is 4.98 Å². The SMILES string of the molecule is CCCn1c(C(Cc2ccccc2)NC(C)=O)nc2ccccc21. The second kappa shape index (κ2) is 7.30. The number of para-hydroxylation sites is 2. The number of hydrogen-bond acceptors (Lipinski definition) is 2. The monoisotopic (exact) mass is 321 g/mol. The van der Waals surface area contributed by atoms with Gasteiger partial charge in [0.25, 0.3) is 0 Å². The van der Waals surface area contributed by atoms with Crippen molar-refractivity contribution >= 4 is 16.9 Å². The number of carbonyl (C=O) groups is 1. The van der Waals surface area contributed by atoms with E-state index in [9.17, 15) is 4.79 Å². The number of fused-ring (bicyclic) bond motifs is 1. The Labute approximate surface area is 142 Å². The van der Waals surface area contributed by atoms with Crippen molar-refractivity contribution in [2.24, 2.45) is 0 Å². The lowest BCUT2D eigenvalue weighted by Gasteiger charge is -2.19. The number of hydrogen-bond donors (Lipinski definition) is 1. The lowest BCUT2D eigenvalue weighted by Crippen LogP contribution is -2.30. The molecule has 0 radical (unpaired) electrons. The van der Waals surface area contributed by atoms with E-state index in [-0.39, 0.29) is 11.9 Å². The number of amides is 1. The van der Waals surface area contributed by atoms with E-state index < -0.39 is 0 Å². The summed E-state index contributed by atoms with van der Waals surface area (Å²) in [6, 6.07) is 18.2. The fourth-order valence-corrected chi connectivity index (χ4v) is 3.12. The zero-order valence-electron chi connectivity index (χ0n) is 14.2. The van der Waals surface area contributed by atoms with Crippen molar-refractivity contribution in [3.05, 3.63) is 66.0 Å². The predicted octanol–water partition coefficient (Wildman–Crippen LogP) is 3.87. The van der Waals surface area contributed by atoms with E-state index in [2.05, 4.69) is 35.0 Å². The first-order chi connectivity index (χ1) is 11.7. The van der Waals surface area contributed by atoms with Crippen LogP contribution in [0.4, 0.5) is 0 Å². The van der Waals surface area contributed by atoms with Gasteiger partial charge in [-0.2, -0.15) is 0 Å². The molecule has 2 aromatic carbocycles. The zero-order valence-corrected chi connectivity index (χ0v) is 14.2. The molecule has 1 heterocycles. The highest BCUT2D eigenvalue weighted by atomic mass is 16.1. The summed E-state index contributed by atoms with van der Waals surface area (Å²) in [7, 11) is 0. The van der Waals surface area contributed by atoms with Crippen LogP contribution in [0.3, 0.4) is 0 Å². The molecule has 0 fully saturated rings. The van der Waals surface area contributed by atoms with Crippen molar-refractivity contribution in [2.45, 2.75) is 39.3 Å². The van der Waals surface area contributed by atoms with Crippen LogP contribution in [0.25, 0.3) is 11.0 Å². The van der Waals surface area contributed by atoms with Crippen molar-refractivity contribution < 1.29 is 4.79 Å². The molecule has 1 aromatic heterocycles. The maximum absolute atomic E-state index is 11.8. The number of imidazole rings is 1. The van der Waals surface area contributed by atoms with Gasteiger partial charge in [-0.3, -0.25) is 4.79 Å². The van der Waals surface area contributed by atoms with Gasteiger partial charge in [-0.1, -0.05) is 49.4 Å². The van der Waals surface area contributed by atoms with E-state index in [4.69, 9.17) is 4.98 Å². The Bertz CT molecular complexity index is 823. The summed E-state index contributed by atoms with van der Waals surface area (Å²) < 4.78 is 2.24. The van der Waals surface area contributed by atoms with Crippen LogP contribution in [0.2, 0.25) is 0 Å². The second-order valence-electron chi connectivity index (χ2n) is 6.05. The minimum Gasteiger partial charge on any atom is -0.346 e. The third-order valence-electron chi connectivity index (χ3n) is 4.10. The Balaban J connectivity index is 2.04. The molecule has 0 aliphatic carbocycles. The average molecular weight is 321 g/mol. The Morgan fingerprint density at radius 3 is 2.54 bits per heavy atom. The summed E-state index contributed by atoms with van der Waals surface area (Å²) in [4.78, 5) is 16.6. The van der Waals surface area contributed by atoms with Crippen molar-refractivity contribution in [2.75, 3.05) is 0 Å². The maximum Gasteiger partial charge on any atom is 0.217 e. The highest BCUT2D eigenvalue weighted by Gasteiger charge is 2.21. The summed E-state index contributed by atoms with van der Waals surface area (Å²) in [6.07, 6.45) is 1.75. The molecule has 1 amide bonds. The molecular formula is C20H23N3O. The molecule has 3 aromatic rings. The van der Waals surface area contributed by atoms with E-state index in [0.29, 0.717) is 0 Å². The highest BCUT2D eigenvalue weighted by Crippen LogP contribution is 2.24. The number of carbonyl (C=O) groups excluding carboxylic acids is 1. The first-order valence-electron chi connectivity index (χ1n) is 8.45. The Morgan fingerprint density at radius 1 is 1.12 bits per heavy atom. The van der Waals surface area contributed by atoms with Crippen LogP contribution in [-0.2, 0) is 17.8 Å². The molecule has 1 unspecified atom stereocenters. The van der Waals surface area contributed by atoms with E-state index in [0.717, 1.165) is 36.2 Å². The van der Waals surface area contributed by atoms with Crippen molar-refractivity contribution in [3.8, 4) is 0 Å². The van der Waals surface area contributed by atoms with Gasteiger partial charge >= 0.3 is 0 Å². The molecule has 3 rings (SSSR count). The highest BCUT2D eigenvalue weighted by molar-refractivity contribution is 5.77. The van der Waals surface area contributed by atoms with Crippen LogP contribution in [0.1, 0.15) is 37.7 Å². The molecule has 4 nitrogen and oxygen atoms in total. The smallest absolute Gasteiger partial charge is 0.217 e. The molecule has 1 atom stereocenters. The normalized spacial score (nSPS) is 12.2. The van der Waals surface area contributed by atoms with Crippen LogP contribution in [0.5, 0.6) is 0 Å². The third kappa shape index (κ3) is 3.48. The summed E-state index contributed by atoms with van der Waals surface area (Å²) in [5.41, 5.74) is 3.29. The molecule has 124 valence electrons. The van der Waals surface area contributed by atoms with E-state index in [1.165, 1.54) is 5.56 Å². The van der Waals surface area contributed by atoms with Crippen LogP contribution in [0.15, 0.2) is 54.6 Å². The standard InChI is InChI=1S/C20H23N3O/c1-3-13-23-19-12-8-7-11-17(19)22-20(23)18(21-15(2)24)14-16-9-5-4-6-10-16/h4-12,18H,3,13-14H2,1-2H3,(H,21,24). The zero-order chi connectivity index (χ0) is 16.9. The molecule has 0 saturated carbocycles. The number of aromatic nitrogens is 2. The van der Waals surface area contributed by atoms with Gasteiger partial charge in [-0.15, -0.1) is 0 Å². The van der Waals surface area contributed by atoms with Crippen molar-refractivity contribution in [1.82, 2.24) is 14.9 Å². The van der Waals surface area contributed by atoms with Gasteiger partial charge in [-0.05, 0) is 30.5 Å². The van der Waals surface area contributed by atoms with Gasteiger partial charge in [0.15, 0.2) is 0 Å². The predicted molar refractivity (Wildman–Crippen MR) is 96.7 cm³/mol. The van der Waals surface area contributed by atoms with Crippen LogP contribution in [-0.4, -0.2) is 15.5 Å². The summed E-state index contributed by atoms with van der Waals surface area (Å²) >= 11 is 0. The Hall–Kier alpha value is -2.62. The van der Waals surface area contributed by atoms with Crippen LogP contribution >= 0.6 is 0 Å². The average Bonchev–Trinajstić information content (AvgIpc) is 2.94. The van der Waals surface area contributed by atoms with Crippen molar-refractivity contribution in [1.29, 1.82) is 0 Å². The van der Waals surface area contributed by atoms with E-state index >= 15 is 0 Å². The molecular weight excluding hydrogens is 298 g/mol. The summed E-state index contributed by atoms with van der Waals surface area (Å²) in [6.45, 7) is 4.61. The lowest BCUT2D eigenvalue weighted by molar-refractivity contribution is -0.119. The van der Waals surface area contributed by atoms with Crippen LogP contribution < -0.4 is 5.32 Å². The van der Waals surface area contributed by atoms with Gasteiger partial charge in [0, 0.05) is 13.5 Å². The molecule has 0 aliphatic heterocycles. The van der Waals surface area contributed by atoms with Crippen LogP contribution in [0, 0.1) is 0 Å². The molecule has 0 saturated heterocycles. The first kappa shape index (κ1) is 16.2. The summed E-state index contributed by atoms with van der Waals surface area (Å²) in [5, 5.41) is 3.08. The van der Waals surface area contributed by atoms with Gasteiger partial charge in [0.1, 0.15) is 5.82 Å². The van der Waals surface area contributed by atoms with Gasteiger partial charge < -0.3 is 9.88 Å². The fraction of sp³-hybridized carbons (Fsp3) is 0.300. The molecule has 4 heteroatoms. The second-order valence-corrected chi connectivity index (χ2v) is 6.05. The summed E-state index contributed by atoms with van der Waals surface area (Å²) in [5.74, 6) is 0.892. The van der Waals surface area contributed by atoms with Crippen molar-refractivity contribution in [3.63, 3.8) is 0 Å².